The van der Waals surface area contributed by atoms with Crippen LogP contribution >= 0.6 is 0 Å². The van der Waals surface area contributed by atoms with E-state index in [2.05, 4.69) is 20.2 Å². The van der Waals surface area contributed by atoms with Crippen molar-refractivity contribution < 1.29 is 0 Å². The summed E-state index contributed by atoms with van der Waals surface area (Å²) >= 11 is 0. The van der Waals surface area contributed by atoms with Crippen LogP contribution in [0.5, 0.6) is 0 Å². The van der Waals surface area contributed by atoms with E-state index >= 15 is 0 Å². The predicted octanol–water partition coefficient (Wildman–Crippen LogP) is 1.39. The molecule has 4 heteroatoms. The first-order chi connectivity index (χ1) is 5.95. The number of nitrogens with zero attached hydrogens (tertiary/aromatic N) is 2. The lowest BCUT2D eigenvalue weighted by Gasteiger charge is -1.85. The van der Waals surface area contributed by atoms with E-state index < -0.39 is 0 Å². The zero-order valence-electron chi connectivity index (χ0n) is 6.20. The lowest BCUT2D eigenvalue weighted by molar-refractivity contribution is 1.10. The van der Waals surface area contributed by atoms with Gasteiger partial charge in [0.2, 0.25) is 0 Å². The summed E-state index contributed by atoms with van der Waals surface area (Å²) < 4.78 is 0. The molecule has 4 nitrogen and oxygen atoms in total. The molecule has 0 radical (unpaired) electrons. The smallest absolute Gasteiger partial charge is 0.116 e. The highest BCUT2D eigenvalue weighted by Crippen LogP contribution is 2.25. The Morgan fingerprint density at radius 3 is 3.33 bits per heavy atom. The highest BCUT2D eigenvalue weighted by Gasteiger charge is 2.12. The predicted molar refractivity (Wildman–Crippen MR) is 44.9 cm³/mol. The van der Waals surface area contributed by atoms with E-state index in [0.29, 0.717) is 0 Å². The molecule has 0 bridgehead atoms. The van der Waals surface area contributed by atoms with E-state index in [9.17, 15) is 0 Å². The van der Waals surface area contributed by atoms with Gasteiger partial charge in [0, 0.05) is 12.4 Å². The third-order valence-corrected chi connectivity index (χ3v) is 1.93. The summed E-state index contributed by atoms with van der Waals surface area (Å²) in [6.45, 7) is 0. The van der Waals surface area contributed by atoms with Gasteiger partial charge in [-0.1, -0.05) is 0 Å². The van der Waals surface area contributed by atoms with Gasteiger partial charge in [-0.3, -0.25) is 10.1 Å². The van der Waals surface area contributed by atoms with Crippen LogP contribution in [0.3, 0.4) is 0 Å². The molecule has 2 N–H and O–H groups in total. The number of H-pyrrole nitrogens is 2. The Labute approximate surface area is 68.0 Å². The van der Waals surface area contributed by atoms with Crippen molar-refractivity contribution in [3.8, 4) is 11.4 Å². The molecule has 1 aromatic heterocycles. The second kappa shape index (κ2) is 1.85. The summed E-state index contributed by atoms with van der Waals surface area (Å²) in [5.41, 5.74) is 3.77. The molecule has 3 rings (SSSR count). The third-order valence-electron chi connectivity index (χ3n) is 1.93. The van der Waals surface area contributed by atoms with E-state index in [1.807, 2.05) is 18.3 Å². The van der Waals surface area contributed by atoms with Gasteiger partial charge in [0.15, 0.2) is 0 Å². The Bertz CT molecular complexity index is 493. The number of pyridine rings is 1. The van der Waals surface area contributed by atoms with Crippen molar-refractivity contribution in [1.82, 2.24) is 20.2 Å². The average Bonchev–Trinajstić information content (AvgIpc) is 2.62. The van der Waals surface area contributed by atoms with Crippen molar-refractivity contribution >= 4 is 11.0 Å². The summed E-state index contributed by atoms with van der Waals surface area (Å²) in [6, 6.07) is 3.84. The number of aromatic nitrogens is 4. The number of hydrogen-bond donors (Lipinski definition) is 2. The van der Waals surface area contributed by atoms with Crippen molar-refractivity contribution in [2.75, 3.05) is 0 Å². The fourth-order valence-corrected chi connectivity index (χ4v) is 1.39. The molecular weight excluding hydrogens is 152 g/mol. The molecule has 0 atom stereocenters. The summed E-state index contributed by atoms with van der Waals surface area (Å²) in [5, 5.41) is 5.87. The van der Waals surface area contributed by atoms with Crippen molar-refractivity contribution in [1.29, 1.82) is 0 Å². The fraction of sp³-hybridized carbons (Fsp3) is 0. The van der Waals surface area contributed by atoms with E-state index in [1.54, 1.807) is 6.20 Å². The standard InChI is InChI=1S/C8H6N4/c1-2-5-7(9-3-1)8-6(11-5)4-10-12-8/h1-4,10,12H. The van der Waals surface area contributed by atoms with Crippen LogP contribution in [0.2, 0.25) is 0 Å². The van der Waals surface area contributed by atoms with E-state index in [4.69, 9.17) is 0 Å². The number of aromatic amines is 2. The van der Waals surface area contributed by atoms with Gasteiger partial charge in [-0.2, -0.15) is 0 Å². The molecule has 0 spiro atoms. The lowest BCUT2D eigenvalue weighted by Crippen LogP contribution is -1.74. The molecule has 0 aromatic carbocycles. The van der Waals surface area contributed by atoms with Gasteiger partial charge < -0.3 is 5.10 Å². The first-order valence-electron chi connectivity index (χ1n) is 3.71. The molecule has 3 heterocycles. The Morgan fingerprint density at radius 1 is 1.33 bits per heavy atom. The molecule has 0 saturated carbocycles. The zero-order chi connectivity index (χ0) is 7.97. The second-order valence-electron chi connectivity index (χ2n) is 2.66. The minimum Gasteiger partial charge on any atom is -0.306 e. The Balaban J connectivity index is 2.59. The Kier molecular flexibility index (Phi) is 0.889. The summed E-state index contributed by atoms with van der Waals surface area (Å²) in [7, 11) is 0. The molecule has 1 aromatic rings. The van der Waals surface area contributed by atoms with Crippen LogP contribution in [0.15, 0.2) is 24.5 Å². The molecule has 0 aliphatic carbocycles. The lowest BCUT2D eigenvalue weighted by atomic mass is 10.3. The van der Waals surface area contributed by atoms with Crippen molar-refractivity contribution in [3.63, 3.8) is 0 Å². The first kappa shape index (κ1) is 5.77. The molecule has 12 heavy (non-hydrogen) atoms. The number of fused-ring (bicyclic) bond motifs is 3. The van der Waals surface area contributed by atoms with Gasteiger partial charge in [-0.05, 0) is 12.1 Å². The summed E-state index contributed by atoms with van der Waals surface area (Å²) in [6.07, 6.45) is 3.60. The summed E-state index contributed by atoms with van der Waals surface area (Å²) in [4.78, 5) is 8.58. The van der Waals surface area contributed by atoms with Gasteiger partial charge in [0.25, 0.3) is 0 Å². The molecule has 0 saturated heterocycles. The normalized spacial score (nSPS) is 11.3. The highest BCUT2D eigenvalue weighted by molar-refractivity contribution is 5.91. The number of rotatable bonds is 0. The maximum Gasteiger partial charge on any atom is 0.116 e. The fourth-order valence-electron chi connectivity index (χ4n) is 1.39. The third kappa shape index (κ3) is 0.567. The van der Waals surface area contributed by atoms with Crippen LogP contribution in [0, 0.1) is 0 Å². The van der Waals surface area contributed by atoms with Gasteiger partial charge in [-0.15, -0.1) is 0 Å². The molecule has 2 aliphatic rings. The van der Waals surface area contributed by atoms with Crippen LogP contribution in [-0.4, -0.2) is 20.2 Å². The van der Waals surface area contributed by atoms with Crippen LogP contribution in [0.25, 0.3) is 22.4 Å². The molecule has 0 fully saturated rings. The minimum atomic E-state index is 0.925. The zero-order valence-corrected chi connectivity index (χ0v) is 6.20. The average molecular weight is 158 g/mol. The van der Waals surface area contributed by atoms with Crippen molar-refractivity contribution in [2.24, 2.45) is 0 Å². The van der Waals surface area contributed by atoms with E-state index in [0.717, 1.165) is 22.4 Å². The maximum atomic E-state index is 4.35. The monoisotopic (exact) mass is 158 g/mol. The van der Waals surface area contributed by atoms with Crippen LogP contribution in [0.1, 0.15) is 0 Å². The molecule has 0 amide bonds. The van der Waals surface area contributed by atoms with Crippen LogP contribution < -0.4 is 0 Å². The molecule has 2 aliphatic heterocycles. The van der Waals surface area contributed by atoms with Gasteiger partial charge in [0.1, 0.15) is 16.9 Å². The molecule has 0 unspecified atom stereocenters. The highest BCUT2D eigenvalue weighted by atomic mass is 15.1. The molecular formula is C8H6N4. The minimum absolute atomic E-state index is 0.925. The van der Waals surface area contributed by atoms with Crippen molar-refractivity contribution in [2.45, 2.75) is 0 Å². The van der Waals surface area contributed by atoms with Crippen LogP contribution in [-0.2, 0) is 0 Å². The van der Waals surface area contributed by atoms with Gasteiger partial charge in [-0.25, -0.2) is 4.98 Å². The SMILES string of the molecule is c1cnc2c3[nH][nH]cc-3nc2c1. The van der Waals surface area contributed by atoms with E-state index in [-0.39, 0.29) is 0 Å². The Morgan fingerprint density at radius 2 is 2.33 bits per heavy atom. The van der Waals surface area contributed by atoms with Gasteiger partial charge >= 0.3 is 0 Å². The van der Waals surface area contributed by atoms with Crippen molar-refractivity contribution in [3.05, 3.63) is 24.5 Å². The number of nitrogens with one attached hydrogen (secondary N) is 2. The topological polar surface area (TPSA) is 57.4 Å². The maximum absolute atomic E-state index is 4.35. The van der Waals surface area contributed by atoms with E-state index in [1.165, 1.54) is 0 Å². The first-order valence-corrected chi connectivity index (χ1v) is 3.71. The summed E-state index contributed by atoms with van der Waals surface area (Å²) in [5.74, 6) is 0. The quantitative estimate of drug-likeness (QED) is 0.519. The largest absolute Gasteiger partial charge is 0.306 e. The molecule has 58 valence electrons. The number of hydrogen-bond acceptors (Lipinski definition) is 2. The Hall–Kier alpha value is -1.84. The second-order valence-corrected chi connectivity index (χ2v) is 2.66. The van der Waals surface area contributed by atoms with Crippen LogP contribution in [0.4, 0.5) is 0 Å². The van der Waals surface area contributed by atoms with Gasteiger partial charge in [0.05, 0.1) is 5.52 Å².